The van der Waals surface area contributed by atoms with E-state index in [1.165, 1.54) is 6.07 Å². The van der Waals surface area contributed by atoms with Gasteiger partial charge < -0.3 is 5.32 Å². The van der Waals surface area contributed by atoms with Crippen LogP contribution in [0.15, 0.2) is 30.3 Å². The molecule has 1 unspecified atom stereocenters. The maximum Gasteiger partial charge on any atom is 0.194 e. The second-order valence-electron chi connectivity index (χ2n) is 4.13. The number of hydrogen-bond acceptors (Lipinski definition) is 1. The third kappa shape index (κ3) is 2.64. The van der Waals surface area contributed by atoms with Gasteiger partial charge in [0.1, 0.15) is 0 Å². The zero-order valence-electron chi connectivity index (χ0n) is 10.4. The maximum absolute atomic E-state index is 13.9. The molecule has 2 aromatic carbocycles. The molecule has 1 nitrogen and oxygen atoms in total. The molecule has 0 aliphatic heterocycles. The van der Waals surface area contributed by atoms with Crippen LogP contribution in [0.25, 0.3) is 0 Å². The van der Waals surface area contributed by atoms with E-state index in [0.29, 0.717) is 10.6 Å². The van der Waals surface area contributed by atoms with Crippen molar-refractivity contribution >= 4 is 23.2 Å². The van der Waals surface area contributed by atoms with Crippen LogP contribution in [0.2, 0.25) is 10.0 Å². The maximum atomic E-state index is 13.9. The molecule has 0 bridgehead atoms. The Morgan fingerprint density at radius 2 is 1.65 bits per heavy atom. The van der Waals surface area contributed by atoms with Gasteiger partial charge in [0.15, 0.2) is 17.5 Å². The number of benzene rings is 2. The van der Waals surface area contributed by atoms with Crippen molar-refractivity contribution in [3.05, 3.63) is 69.0 Å². The number of hydrogen-bond donors (Lipinski definition) is 1. The first-order valence-corrected chi connectivity index (χ1v) is 6.47. The minimum Gasteiger partial charge on any atom is -0.309 e. The number of halogens is 5. The van der Waals surface area contributed by atoms with Crippen LogP contribution in [0, 0.1) is 17.5 Å². The minimum absolute atomic E-state index is 0.0458. The average Bonchev–Trinajstić information content (AvgIpc) is 2.44. The molecule has 0 aliphatic rings. The van der Waals surface area contributed by atoms with E-state index in [1.54, 1.807) is 25.2 Å². The van der Waals surface area contributed by atoms with Gasteiger partial charge in [-0.2, -0.15) is 0 Å². The lowest BCUT2D eigenvalue weighted by atomic mass is 9.98. The predicted molar refractivity (Wildman–Crippen MR) is 73.7 cm³/mol. The highest BCUT2D eigenvalue weighted by Gasteiger charge is 2.23. The van der Waals surface area contributed by atoms with Crippen LogP contribution >= 0.6 is 23.2 Å². The first-order valence-electron chi connectivity index (χ1n) is 5.72. The summed E-state index contributed by atoms with van der Waals surface area (Å²) < 4.78 is 40.2. The Morgan fingerprint density at radius 1 is 0.950 bits per heavy atom. The molecule has 0 heterocycles. The molecule has 0 amide bonds. The Balaban J connectivity index is 2.59. The van der Waals surface area contributed by atoms with Crippen LogP contribution < -0.4 is 5.32 Å². The number of nitrogens with one attached hydrogen (secondary N) is 1. The third-order valence-electron chi connectivity index (χ3n) is 2.96. The Hall–Kier alpha value is -1.23. The summed E-state index contributed by atoms with van der Waals surface area (Å²) in [5.74, 6) is -4.00. The van der Waals surface area contributed by atoms with Crippen LogP contribution in [0.1, 0.15) is 17.2 Å². The van der Waals surface area contributed by atoms with E-state index in [1.807, 2.05) is 0 Å². The van der Waals surface area contributed by atoms with Crippen molar-refractivity contribution < 1.29 is 13.2 Å². The van der Waals surface area contributed by atoms with E-state index in [-0.39, 0.29) is 10.6 Å². The zero-order chi connectivity index (χ0) is 14.9. The zero-order valence-corrected chi connectivity index (χ0v) is 11.9. The van der Waals surface area contributed by atoms with Gasteiger partial charge >= 0.3 is 0 Å². The molecular formula is C14H10Cl2F3N. The monoisotopic (exact) mass is 319 g/mol. The summed E-state index contributed by atoms with van der Waals surface area (Å²) in [6.45, 7) is 0. The molecule has 106 valence electrons. The summed E-state index contributed by atoms with van der Waals surface area (Å²) in [6.07, 6.45) is 0. The molecule has 0 spiro atoms. The van der Waals surface area contributed by atoms with Crippen molar-refractivity contribution in [1.82, 2.24) is 5.32 Å². The Morgan fingerprint density at radius 3 is 2.30 bits per heavy atom. The largest absolute Gasteiger partial charge is 0.309 e. The molecule has 0 fully saturated rings. The first kappa shape index (κ1) is 15.2. The quantitative estimate of drug-likeness (QED) is 0.807. The molecule has 0 aromatic heterocycles. The standard InChI is InChI=1S/C14H10Cl2F3N/c1-20-14(7-3-2-4-9(15)11(7)16)8-5-6-10(17)13(19)12(8)18/h2-6,14,20H,1H3. The molecule has 0 saturated carbocycles. The summed E-state index contributed by atoms with van der Waals surface area (Å²) in [5.41, 5.74) is 0.433. The lowest BCUT2D eigenvalue weighted by Crippen LogP contribution is -2.20. The first-order chi connectivity index (χ1) is 9.47. The molecule has 6 heteroatoms. The van der Waals surface area contributed by atoms with Gasteiger partial charge in [-0.05, 0) is 24.7 Å². The van der Waals surface area contributed by atoms with E-state index in [0.717, 1.165) is 6.07 Å². The van der Waals surface area contributed by atoms with E-state index in [4.69, 9.17) is 23.2 Å². The molecule has 2 rings (SSSR count). The Kier molecular flexibility index (Phi) is 4.58. The van der Waals surface area contributed by atoms with E-state index in [9.17, 15) is 13.2 Å². The van der Waals surface area contributed by atoms with Crippen molar-refractivity contribution in [2.45, 2.75) is 6.04 Å². The Bertz CT molecular complexity index is 647. The van der Waals surface area contributed by atoms with Crippen molar-refractivity contribution in [3.8, 4) is 0 Å². The lowest BCUT2D eigenvalue weighted by molar-refractivity contribution is 0.435. The highest BCUT2D eigenvalue weighted by Crippen LogP contribution is 2.34. The van der Waals surface area contributed by atoms with Gasteiger partial charge in [-0.3, -0.25) is 0 Å². The van der Waals surface area contributed by atoms with E-state index < -0.39 is 23.5 Å². The Labute approximate surface area is 124 Å². The van der Waals surface area contributed by atoms with Crippen molar-refractivity contribution in [2.24, 2.45) is 0 Å². The highest BCUT2D eigenvalue weighted by molar-refractivity contribution is 6.42. The van der Waals surface area contributed by atoms with Gasteiger partial charge in [0.2, 0.25) is 0 Å². The lowest BCUT2D eigenvalue weighted by Gasteiger charge is -2.20. The smallest absolute Gasteiger partial charge is 0.194 e. The van der Waals surface area contributed by atoms with Crippen LogP contribution in [0.4, 0.5) is 13.2 Å². The van der Waals surface area contributed by atoms with Crippen LogP contribution in [-0.2, 0) is 0 Å². The van der Waals surface area contributed by atoms with Crippen molar-refractivity contribution in [3.63, 3.8) is 0 Å². The van der Waals surface area contributed by atoms with Crippen LogP contribution in [0.5, 0.6) is 0 Å². The molecular weight excluding hydrogens is 310 g/mol. The van der Waals surface area contributed by atoms with Gasteiger partial charge in [0.25, 0.3) is 0 Å². The SMILES string of the molecule is CNC(c1ccc(F)c(F)c1F)c1cccc(Cl)c1Cl. The fraction of sp³-hybridized carbons (Fsp3) is 0.143. The second kappa shape index (κ2) is 6.04. The van der Waals surface area contributed by atoms with Gasteiger partial charge in [-0.25, -0.2) is 13.2 Å². The van der Waals surface area contributed by atoms with Gasteiger partial charge in [0, 0.05) is 5.56 Å². The van der Waals surface area contributed by atoms with Gasteiger partial charge in [0.05, 0.1) is 16.1 Å². The molecule has 20 heavy (non-hydrogen) atoms. The van der Waals surface area contributed by atoms with Crippen LogP contribution in [-0.4, -0.2) is 7.05 Å². The fourth-order valence-corrected chi connectivity index (χ4v) is 2.40. The molecule has 0 aliphatic carbocycles. The molecule has 1 atom stereocenters. The molecule has 1 N–H and O–H groups in total. The molecule has 0 radical (unpaired) electrons. The summed E-state index contributed by atoms with van der Waals surface area (Å²) in [6, 6.07) is 6.17. The van der Waals surface area contributed by atoms with E-state index in [2.05, 4.69) is 5.32 Å². The summed E-state index contributed by atoms with van der Waals surface area (Å²) in [4.78, 5) is 0. The second-order valence-corrected chi connectivity index (χ2v) is 4.91. The van der Waals surface area contributed by atoms with Crippen molar-refractivity contribution in [1.29, 1.82) is 0 Å². The van der Waals surface area contributed by atoms with Gasteiger partial charge in [-0.15, -0.1) is 0 Å². The van der Waals surface area contributed by atoms with Crippen LogP contribution in [0.3, 0.4) is 0 Å². The molecule has 0 saturated heterocycles. The van der Waals surface area contributed by atoms with Crippen molar-refractivity contribution in [2.75, 3.05) is 7.05 Å². The predicted octanol–water partition coefficient (Wildman–Crippen LogP) is 4.72. The molecule has 2 aromatic rings. The van der Waals surface area contributed by atoms with Gasteiger partial charge in [-0.1, -0.05) is 41.4 Å². The normalized spacial score (nSPS) is 12.5. The topological polar surface area (TPSA) is 12.0 Å². The third-order valence-corrected chi connectivity index (χ3v) is 3.79. The van der Waals surface area contributed by atoms with E-state index >= 15 is 0 Å². The minimum atomic E-state index is -1.51. The number of rotatable bonds is 3. The summed E-state index contributed by atoms with van der Waals surface area (Å²) >= 11 is 12.0. The fourth-order valence-electron chi connectivity index (χ4n) is 1.99. The summed E-state index contributed by atoms with van der Waals surface area (Å²) in [5, 5.41) is 3.35. The summed E-state index contributed by atoms with van der Waals surface area (Å²) in [7, 11) is 1.56. The highest BCUT2D eigenvalue weighted by atomic mass is 35.5. The average molecular weight is 320 g/mol.